The number of ether oxygens (including phenoxy) is 2. The van der Waals surface area contributed by atoms with Gasteiger partial charge in [0.1, 0.15) is 18.2 Å². The van der Waals surface area contributed by atoms with Gasteiger partial charge in [-0.2, -0.15) is 0 Å². The molecule has 0 aromatic heterocycles. The van der Waals surface area contributed by atoms with Crippen molar-refractivity contribution in [2.75, 3.05) is 13.7 Å². The van der Waals surface area contributed by atoms with Gasteiger partial charge in [0.15, 0.2) is 11.5 Å². The number of nitrogens with zero attached hydrogens (tertiary/aromatic N) is 1. The summed E-state index contributed by atoms with van der Waals surface area (Å²) in [5.74, 6) is 0.352. The third-order valence-electron chi connectivity index (χ3n) is 9.14. The van der Waals surface area contributed by atoms with Gasteiger partial charge in [0.2, 0.25) is 17.7 Å². The Hall–Kier alpha value is -4.63. The Morgan fingerprint density at radius 1 is 0.978 bits per heavy atom. The molecule has 0 fully saturated rings. The van der Waals surface area contributed by atoms with Crippen LogP contribution in [0.25, 0.3) is 0 Å². The van der Waals surface area contributed by atoms with Crippen molar-refractivity contribution in [3.05, 3.63) is 107 Å². The maximum Gasteiger partial charge on any atom is 0.245 e. The third kappa shape index (κ3) is 6.17. The maximum absolute atomic E-state index is 14.5. The molecule has 234 valence electrons. The summed E-state index contributed by atoms with van der Waals surface area (Å²) in [6.07, 6.45) is 4.60. The van der Waals surface area contributed by atoms with Gasteiger partial charge in [0, 0.05) is 44.8 Å². The molecule has 3 amide bonds. The molecule has 0 saturated heterocycles. The fraction of sp³-hybridized carbons (Fsp3) is 0.361. The number of rotatable bonds is 9. The van der Waals surface area contributed by atoms with Crippen LogP contribution in [0.15, 0.2) is 84.9 Å². The number of carbonyl (C=O) groups excluding carboxylic acids is 3. The van der Waals surface area contributed by atoms with Crippen LogP contribution in [0.4, 0.5) is 0 Å². The van der Waals surface area contributed by atoms with Crippen LogP contribution in [0.3, 0.4) is 0 Å². The van der Waals surface area contributed by atoms with Crippen LogP contribution in [0.1, 0.15) is 42.0 Å². The topological polar surface area (TPSA) is 117 Å². The Morgan fingerprint density at radius 3 is 2.29 bits per heavy atom. The lowest BCUT2D eigenvalue weighted by Crippen LogP contribution is -2.55. The summed E-state index contributed by atoms with van der Waals surface area (Å²) >= 11 is 0. The number of carbonyl (C=O) groups is 3. The molecule has 3 aliphatic rings. The largest absolute Gasteiger partial charge is 0.493 e. The van der Waals surface area contributed by atoms with Gasteiger partial charge in [-0.25, -0.2) is 0 Å². The summed E-state index contributed by atoms with van der Waals surface area (Å²) in [5.41, 5.74) is 3.26. The van der Waals surface area contributed by atoms with Crippen LogP contribution < -0.4 is 20.1 Å². The number of nitrogens with one attached hydrogen (secondary N) is 2. The summed E-state index contributed by atoms with van der Waals surface area (Å²) in [4.78, 5) is 42.1. The van der Waals surface area contributed by atoms with Gasteiger partial charge in [-0.05, 0) is 29.2 Å². The minimum Gasteiger partial charge on any atom is -0.493 e. The van der Waals surface area contributed by atoms with Crippen molar-refractivity contribution >= 4 is 17.7 Å². The molecular formula is C36H39N3O6. The Kier molecular flexibility index (Phi) is 8.63. The number of methoxy groups -OCH3 is 1. The molecule has 45 heavy (non-hydrogen) atoms. The van der Waals surface area contributed by atoms with E-state index in [1.54, 1.807) is 7.11 Å². The highest BCUT2D eigenvalue weighted by molar-refractivity contribution is 5.92. The normalized spacial score (nSPS) is 22.6. The van der Waals surface area contributed by atoms with Gasteiger partial charge in [0.25, 0.3) is 0 Å². The number of amides is 3. The lowest BCUT2D eigenvalue weighted by atomic mass is 9.69. The van der Waals surface area contributed by atoms with Crippen LogP contribution in [0.5, 0.6) is 11.5 Å². The smallest absolute Gasteiger partial charge is 0.245 e. The van der Waals surface area contributed by atoms with Crippen molar-refractivity contribution in [1.29, 1.82) is 0 Å². The summed E-state index contributed by atoms with van der Waals surface area (Å²) in [5, 5.41) is 16.2. The second kappa shape index (κ2) is 12.8. The molecule has 0 bridgehead atoms. The predicted octanol–water partition coefficient (Wildman–Crippen LogP) is 3.22. The first-order chi connectivity index (χ1) is 21.8. The van der Waals surface area contributed by atoms with Gasteiger partial charge in [-0.3, -0.25) is 14.4 Å². The SMILES string of the molecule is COc1ccc2c3c1O[C@H]1C[C@@H](O)C=C[C@@]31CCN(C(=O)[C@H](Cc1ccccc1)NC(=O)[C@H](Cc1ccccc1)NC(C)=O)C2. The summed E-state index contributed by atoms with van der Waals surface area (Å²) < 4.78 is 12.1. The highest BCUT2D eigenvalue weighted by Crippen LogP contribution is 2.55. The Bertz CT molecular complexity index is 1590. The molecule has 0 radical (unpaired) electrons. The highest BCUT2D eigenvalue weighted by atomic mass is 16.5. The van der Waals surface area contributed by atoms with Crippen LogP contribution in [0, 0.1) is 0 Å². The van der Waals surface area contributed by atoms with E-state index in [-0.39, 0.29) is 17.9 Å². The zero-order chi connectivity index (χ0) is 31.6. The van der Waals surface area contributed by atoms with E-state index >= 15 is 0 Å². The van der Waals surface area contributed by atoms with Crippen LogP contribution in [-0.4, -0.2) is 65.7 Å². The number of aliphatic hydroxyl groups excluding tert-OH is 1. The maximum atomic E-state index is 14.5. The van der Waals surface area contributed by atoms with E-state index in [9.17, 15) is 19.5 Å². The number of hydrogen-bond donors (Lipinski definition) is 3. The van der Waals surface area contributed by atoms with Gasteiger partial charge >= 0.3 is 0 Å². The van der Waals surface area contributed by atoms with E-state index in [0.29, 0.717) is 50.3 Å². The van der Waals surface area contributed by atoms with E-state index in [0.717, 1.165) is 22.3 Å². The van der Waals surface area contributed by atoms with E-state index < -0.39 is 29.5 Å². The van der Waals surface area contributed by atoms with Crippen molar-refractivity contribution < 1.29 is 29.0 Å². The predicted molar refractivity (Wildman–Crippen MR) is 169 cm³/mol. The summed E-state index contributed by atoms with van der Waals surface area (Å²) in [7, 11) is 1.61. The summed E-state index contributed by atoms with van der Waals surface area (Å²) in [6.45, 7) is 2.14. The van der Waals surface area contributed by atoms with Gasteiger partial charge in [-0.1, -0.05) is 78.9 Å². The molecular weight excluding hydrogens is 570 g/mol. The molecule has 9 nitrogen and oxygen atoms in total. The molecule has 3 aromatic carbocycles. The van der Waals surface area contributed by atoms with Gasteiger partial charge < -0.3 is 30.1 Å². The second-order valence-electron chi connectivity index (χ2n) is 12.1. The summed E-state index contributed by atoms with van der Waals surface area (Å²) in [6, 6.07) is 21.2. The molecule has 6 rings (SSSR count). The first-order valence-electron chi connectivity index (χ1n) is 15.5. The first kappa shape index (κ1) is 30.4. The van der Waals surface area contributed by atoms with E-state index in [1.165, 1.54) is 6.92 Å². The molecule has 5 atom stereocenters. The molecule has 1 spiro atoms. The average molecular weight is 610 g/mol. The van der Waals surface area contributed by atoms with E-state index in [4.69, 9.17) is 9.47 Å². The third-order valence-corrected chi connectivity index (χ3v) is 9.14. The van der Waals surface area contributed by atoms with Crippen LogP contribution in [0.2, 0.25) is 0 Å². The molecule has 2 heterocycles. The average Bonchev–Trinajstić information content (AvgIpc) is 3.27. The molecule has 0 unspecified atom stereocenters. The fourth-order valence-electron chi connectivity index (χ4n) is 6.97. The monoisotopic (exact) mass is 609 g/mol. The number of aliphatic hydroxyl groups is 1. The molecule has 3 N–H and O–H groups in total. The quantitative estimate of drug-likeness (QED) is 0.321. The van der Waals surface area contributed by atoms with Gasteiger partial charge in [-0.15, -0.1) is 0 Å². The molecule has 2 aliphatic heterocycles. The van der Waals surface area contributed by atoms with Crippen molar-refractivity contribution in [3.63, 3.8) is 0 Å². The molecule has 3 aromatic rings. The first-order valence-corrected chi connectivity index (χ1v) is 15.5. The minimum atomic E-state index is -0.860. The van der Waals surface area contributed by atoms with E-state index in [2.05, 4.69) is 10.6 Å². The Morgan fingerprint density at radius 2 is 1.64 bits per heavy atom. The van der Waals surface area contributed by atoms with Gasteiger partial charge in [0.05, 0.1) is 18.6 Å². The number of hydrogen-bond acceptors (Lipinski definition) is 6. The lowest BCUT2D eigenvalue weighted by Gasteiger charge is -2.36. The highest BCUT2D eigenvalue weighted by Gasteiger charge is 2.53. The zero-order valence-corrected chi connectivity index (χ0v) is 25.6. The van der Waals surface area contributed by atoms with Crippen molar-refractivity contribution in [2.45, 2.75) is 68.9 Å². The Balaban J connectivity index is 1.30. The molecule has 9 heteroatoms. The standard InChI is InChI=1S/C36H39N3O6/c1-23(40)37-28(19-24-9-5-3-6-10-24)34(42)38-29(20-25-11-7-4-8-12-25)35(43)39-18-17-36-16-15-27(41)21-31(36)45-33-30(44-2)14-13-26(22-39)32(33)36/h3-16,27-29,31,41H,17-22H2,1-2H3,(H,37,40)(H,38,42)/t27-,28-,29-,31-,36-/m0/s1. The zero-order valence-electron chi connectivity index (χ0n) is 25.6. The fourth-order valence-corrected chi connectivity index (χ4v) is 6.97. The van der Waals surface area contributed by atoms with Crippen molar-refractivity contribution in [2.24, 2.45) is 0 Å². The molecule has 1 aliphatic carbocycles. The Labute approximate surface area is 263 Å². The number of benzene rings is 3. The van der Waals surface area contributed by atoms with E-state index in [1.807, 2.05) is 89.8 Å². The molecule has 0 saturated carbocycles. The van der Waals surface area contributed by atoms with Crippen LogP contribution >= 0.6 is 0 Å². The minimum absolute atomic E-state index is 0.202. The van der Waals surface area contributed by atoms with Crippen molar-refractivity contribution in [3.8, 4) is 11.5 Å². The van der Waals surface area contributed by atoms with Crippen molar-refractivity contribution in [1.82, 2.24) is 15.5 Å². The van der Waals surface area contributed by atoms with Crippen LogP contribution in [-0.2, 0) is 39.2 Å². The second-order valence-corrected chi connectivity index (χ2v) is 12.1. The lowest BCUT2D eigenvalue weighted by molar-refractivity contribution is -0.137.